The highest BCUT2D eigenvalue weighted by Crippen LogP contribution is 2.40. The van der Waals surface area contributed by atoms with Gasteiger partial charge in [-0.05, 0) is 57.4 Å². The van der Waals surface area contributed by atoms with E-state index in [1.165, 1.54) is 12.1 Å². The predicted octanol–water partition coefficient (Wildman–Crippen LogP) is 4.70. The topological polar surface area (TPSA) is 59.8 Å². The zero-order valence-corrected chi connectivity index (χ0v) is 17.2. The fourth-order valence-electron chi connectivity index (χ4n) is 4.44. The van der Waals surface area contributed by atoms with Crippen molar-refractivity contribution in [3.8, 4) is 0 Å². The molecule has 2 aromatic heterocycles. The summed E-state index contributed by atoms with van der Waals surface area (Å²) in [5.74, 6) is -0.356. The highest BCUT2D eigenvalue weighted by Gasteiger charge is 2.36. The lowest BCUT2D eigenvalue weighted by molar-refractivity contribution is 0.0942. The van der Waals surface area contributed by atoms with E-state index in [4.69, 9.17) is 0 Å². The van der Waals surface area contributed by atoms with Crippen molar-refractivity contribution in [3.63, 3.8) is 0 Å². The highest BCUT2D eigenvalue weighted by atomic mass is 19.1. The SMILES string of the molecule is Cc1nc2c(cnn2C(C)C)cc1C(=O)NCC1(c2ccc(F)cc2)CCCC1. The maximum absolute atomic E-state index is 13.4. The molecule has 5 nitrogen and oxygen atoms in total. The molecule has 3 aromatic rings. The molecule has 1 saturated carbocycles. The van der Waals surface area contributed by atoms with E-state index in [0.717, 1.165) is 42.3 Å². The van der Waals surface area contributed by atoms with E-state index in [9.17, 15) is 9.18 Å². The molecule has 1 aromatic carbocycles. The standard InChI is InChI=1S/C23H27FN4O/c1-15(2)28-21-17(13-26-28)12-20(16(3)27-21)22(29)25-14-23(10-4-5-11-23)18-6-8-19(24)9-7-18/h6-9,12-13,15H,4-5,10-11,14H2,1-3H3,(H,25,29). The quantitative estimate of drug-likeness (QED) is 0.682. The average Bonchev–Trinajstić information content (AvgIpc) is 3.33. The Kier molecular flexibility index (Phi) is 5.11. The van der Waals surface area contributed by atoms with E-state index < -0.39 is 0 Å². The Morgan fingerprint density at radius 3 is 2.59 bits per heavy atom. The first-order valence-electron chi connectivity index (χ1n) is 10.3. The molecular weight excluding hydrogens is 367 g/mol. The van der Waals surface area contributed by atoms with Gasteiger partial charge in [-0.3, -0.25) is 4.79 Å². The monoisotopic (exact) mass is 394 g/mol. The van der Waals surface area contributed by atoms with Crippen molar-refractivity contribution in [2.24, 2.45) is 0 Å². The third-order valence-electron chi connectivity index (χ3n) is 6.10. The van der Waals surface area contributed by atoms with Gasteiger partial charge in [-0.25, -0.2) is 14.1 Å². The first-order chi connectivity index (χ1) is 13.9. The molecule has 0 unspecified atom stereocenters. The number of aromatic nitrogens is 3. The number of hydrogen-bond acceptors (Lipinski definition) is 3. The Morgan fingerprint density at radius 2 is 1.93 bits per heavy atom. The van der Waals surface area contributed by atoms with Crippen LogP contribution in [0.15, 0.2) is 36.5 Å². The van der Waals surface area contributed by atoms with E-state index in [2.05, 4.69) is 29.2 Å². The van der Waals surface area contributed by atoms with Crippen LogP contribution in [0.4, 0.5) is 4.39 Å². The fraction of sp³-hybridized carbons (Fsp3) is 0.435. The zero-order valence-electron chi connectivity index (χ0n) is 17.2. The average molecular weight is 394 g/mol. The number of hydrogen-bond donors (Lipinski definition) is 1. The van der Waals surface area contributed by atoms with Gasteiger partial charge in [-0.2, -0.15) is 5.10 Å². The minimum atomic E-state index is -0.233. The summed E-state index contributed by atoms with van der Waals surface area (Å²) in [4.78, 5) is 17.6. The number of benzene rings is 1. The second-order valence-corrected chi connectivity index (χ2v) is 8.39. The van der Waals surface area contributed by atoms with Crippen molar-refractivity contribution in [1.82, 2.24) is 20.1 Å². The molecule has 0 aliphatic heterocycles. The van der Waals surface area contributed by atoms with Crippen LogP contribution >= 0.6 is 0 Å². The van der Waals surface area contributed by atoms with Gasteiger partial charge in [0.05, 0.1) is 17.5 Å². The molecule has 2 heterocycles. The maximum Gasteiger partial charge on any atom is 0.253 e. The van der Waals surface area contributed by atoms with Crippen LogP contribution in [0.3, 0.4) is 0 Å². The minimum Gasteiger partial charge on any atom is -0.351 e. The lowest BCUT2D eigenvalue weighted by Crippen LogP contribution is -2.39. The molecule has 152 valence electrons. The van der Waals surface area contributed by atoms with Crippen LogP contribution in [0.2, 0.25) is 0 Å². The summed E-state index contributed by atoms with van der Waals surface area (Å²) in [7, 11) is 0. The summed E-state index contributed by atoms with van der Waals surface area (Å²) in [5.41, 5.74) is 3.04. The lowest BCUT2D eigenvalue weighted by atomic mass is 9.78. The second-order valence-electron chi connectivity index (χ2n) is 8.39. The molecule has 1 aliphatic rings. The molecule has 0 bridgehead atoms. The van der Waals surface area contributed by atoms with Crippen molar-refractivity contribution in [1.29, 1.82) is 0 Å². The normalized spacial score (nSPS) is 15.9. The molecule has 1 amide bonds. The molecule has 1 aliphatic carbocycles. The Bertz CT molecular complexity index is 1030. The van der Waals surface area contributed by atoms with Crippen LogP contribution in [0.1, 0.15) is 67.2 Å². The number of rotatable bonds is 5. The van der Waals surface area contributed by atoms with Crippen LogP contribution in [0, 0.1) is 12.7 Å². The first kappa shape index (κ1) is 19.6. The molecule has 0 atom stereocenters. The summed E-state index contributed by atoms with van der Waals surface area (Å²) in [6, 6.07) is 8.80. The number of fused-ring (bicyclic) bond motifs is 1. The van der Waals surface area contributed by atoms with E-state index in [-0.39, 0.29) is 23.2 Å². The van der Waals surface area contributed by atoms with Crippen LogP contribution in [0.25, 0.3) is 11.0 Å². The van der Waals surface area contributed by atoms with Gasteiger partial charge >= 0.3 is 0 Å². The summed E-state index contributed by atoms with van der Waals surface area (Å²) in [6.45, 7) is 6.51. The Labute approximate surface area is 170 Å². The van der Waals surface area contributed by atoms with Crippen molar-refractivity contribution < 1.29 is 9.18 Å². The number of carbonyl (C=O) groups excluding carboxylic acids is 1. The number of nitrogens with one attached hydrogen (secondary N) is 1. The van der Waals surface area contributed by atoms with Crippen LogP contribution < -0.4 is 5.32 Å². The Balaban J connectivity index is 1.57. The van der Waals surface area contributed by atoms with Crippen molar-refractivity contribution in [2.45, 2.75) is 57.9 Å². The van der Waals surface area contributed by atoms with Gasteiger partial charge in [-0.15, -0.1) is 0 Å². The van der Waals surface area contributed by atoms with Gasteiger partial charge in [0, 0.05) is 23.4 Å². The molecular formula is C23H27FN4O. The van der Waals surface area contributed by atoms with Gasteiger partial charge in [0.2, 0.25) is 0 Å². The van der Waals surface area contributed by atoms with Gasteiger partial charge in [0.15, 0.2) is 5.65 Å². The van der Waals surface area contributed by atoms with E-state index in [1.807, 2.05) is 29.8 Å². The van der Waals surface area contributed by atoms with Crippen molar-refractivity contribution >= 4 is 16.9 Å². The molecule has 0 spiro atoms. The minimum absolute atomic E-state index is 0.123. The highest BCUT2D eigenvalue weighted by molar-refractivity contribution is 5.98. The molecule has 1 N–H and O–H groups in total. The molecule has 0 radical (unpaired) electrons. The predicted molar refractivity (Wildman–Crippen MR) is 112 cm³/mol. The molecule has 6 heteroatoms. The summed E-state index contributed by atoms with van der Waals surface area (Å²) < 4.78 is 15.2. The number of nitrogens with zero attached hydrogens (tertiary/aromatic N) is 3. The largest absolute Gasteiger partial charge is 0.351 e. The maximum atomic E-state index is 13.4. The van der Waals surface area contributed by atoms with Crippen molar-refractivity contribution in [3.05, 3.63) is 59.2 Å². The number of amides is 1. The smallest absolute Gasteiger partial charge is 0.253 e. The van der Waals surface area contributed by atoms with Crippen LogP contribution in [-0.4, -0.2) is 27.2 Å². The van der Waals surface area contributed by atoms with Crippen LogP contribution in [0.5, 0.6) is 0 Å². The second kappa shape index (κ2) is 7.58. The molecule has 0 saturated heterocycles. The van der Waals surface area contributed by atoms with Gasteiger partial charge in [0.25, 0.3) is 5.91 Å². The molecule has 4 rings (SSSR count). The summed E-state index contributed by atoms with van der Waals surface area (Å²) >= 11 is 0. The summed E-state index contributed by atoms with van der Waals surface area (Å²) in [6.07, 6.45) is 5.99. The Hall–Kier alpha value is -2.76. The van der Waals surface area contributed by atoms with E-state index >= 15 is 0 Å². The Morgan fingerprint density at radius 1 is 1.24 bits per heavy atom. The molecule has 1 fully saturated rings. The lowest BCUT2D eigenvalue weighted by Gasteiger charge is -2.30. The van der Waals surface area contributed by atoms with Gasteiger partial charge in [-0.1, -0.05) is 25.0 Å². The third-order valence-corrected chi connectivity index (χ3v) is 6.10. The summed E-state index contributed by atoms with van der Waals surface area (Å²) in [5, 5.41) is 8.39. The molecule has 29 heavy (non-hydrogen) atoms. The van der Waals surface area contributed by atoms with Crippen LogP contribution in [-0.2, 0) is 5.41 Å². The number of carbonyl (C=O) groups is 1. The zero-order chi connectivity index (χ0) is 20.6. The third kappa shape index (κ3) is 3.63. The number of pyridine rings is 1. The van der Waals surface area contributed by atoms with Gasteiger partial charge < -0.3 is 5.32 Å². The first-order valence-corrected chi connectivity index (χ1v) is 10.3. The number of halogens is 1. The fourth-order valence-corrected chi connectivity index (χ4v) is 4.44. The van der Waals surface area contributed by atoms with E-state index in [1.54, 1.807) is 6.20 Å². The van der Waals surface area contributed by atoms with Gasteiger partial charge in [0.1, 0.15) is 5.82 Å². The van der Waals surface area contributed by atoms with E-state index in [0.29, 0.717) is 17.8 Å². The van der Waals surface area contributed by atoms with Crippen molar-refractivity contribution in [2.75, 3.05) is 6.54 Å². The number of aryl methyl sites for hydroxylation is 1.